The van der Waals surface area contributed by atoms with Crippen LogP contribution in [0.15, 0.2) is 48.9 Å². The highest BCUT2D eigenvalue weighted by Crippen LogP contribution is 2.31. The van der Waals surface area contributed by atoms with Crippen molar-refractivity contribution in [1.82, 2.24) is 40.2 Å². The van der Waals surface area contributed by atoms with E-state index < -0.39 is 0 Å². The number of aromatic nitrogens is 7. The van der Waals surface area contributed by atoms with E-state index in [1.165, 1.54) is 6.33 Å². The molecule has 0 spiro atoms. The lowest BCUT2D eigenvalue weighted by molar-refractivity contribution is 0.297. The third-order valence-electron chi connectivity index (χ3n) is 6.98. The van der Waals surface area contributed by atoms with E-state index in [-0.39, 0.29) is 0 Å². The summed E-state index contributed by atoms with van der Waals surface area (Å²) in [6.45, 7) is 4.98. The van der Waals surface area contributed by atoms with Crippen molar-refractivity contribution in [2.45, 2.75) is 13.0 Å². The number of nitrogens with one attached hydrogen (secondary N) is 2. The molecule has 0 unspecified atom stereocenters. The summed E-state index contributed by atoms with van der Waals surface area (Å²) in [6, 6.07) is 12.2. The first-order chi connectivity index (χ1) is 17.6. The number of nitrogens with zero attached hydrogens (tertiary/aromatic N) is 8. The van der Waals surface area contributed by atoms with E-state index in [9.17, 15) is 0 Å². The second-order valence-corrected chi connectivity index (χ2v) is 9.38. The molecule has 0 amide bonds. The number of aryl methyl sites for hydroxylation is 2. The van der Waals surface area contributed by atoms with Crippen LogP contribution < -0.4 is 20.3 Å². The van der Waals surface area contributed by atoms with Gasteiger partial charge in [0.2, 0.25) is 5.95 Å². The summed E-state index contributed by atoms with van der Waals surface area (Å²) in [5.74, 6) is 3.52. The van der Waals surface area contributed by atoms with Crippen molar-refractivity contribution in [3.63, 3.8) is 0 Å². The monoisotopic (exact) mass is 480 g/mol. The van der Waals surface area contributed by atoms with E-state index in [0.29, 0.717) is 34.6 Å². The molecule has 0 radical (unpaired) electrons. The molecule has 0 saturated carbocycles. The zero-order valence-corrected chi connectivity index (χ0v) is 19.9. The summed E-state index contributed by atoms with van der Waals surface area (Å²) in [5.41, 5.74) is 5.01. The van der Waals surface area contributed by atoms with Gasteiger partial charge < -0.3 is 20.3 Å². The Hall–Kier alpha value is -4.38. The first-order valence-electron chi connectivity index (χ1n) is 11.9. The molecule has 2 N–H and O–H groups in total. The minimum atomic E-state index is 0.542. The molecule has 5 aromatic rings. The number of ether oxygens (including phenoxy) is 1. The zero-order valence-electron chi connectivity index (χ0n) is 19.9. The quantitative estimate of drug-likeness (QED) is 0.389. The van der Waals surface area contributed by atoms with Gasteiger partial charge in [-0.1, -0.05) is 5.21 Å². The van der Waals surface area contributed by atoms with Gasteiger partial charge in [-0.2, -0.15) is 0 Å². The largest absolute Gasteiger partial charge is 0.457 e. The minimum absolute atomic E-state index is 0.542. The lowest BCUT2D eigenvalue weighted by Crippen LogP contribution is -2.51. The summed E-state index contributed by atoms with van der Waals surface area (Å²) in [7, 11) is 1.87. The van der Waals surface area contributed by atoms with Gasteiger partial charge in [0.15, 0.2) is 5.82 Å². The highest BCUT2D eigenvalue weighted by molar-refractivity contribution is 5.87. The Morgan fingerprint density at radius 2 is 2.00 bits per heavy atom. The number of fused-ring (bicyclic) bond motifs is 3. The highest BCUT2D eigenvalue weighted by atomic mass is 16.5. The third-order valence-corrected chi connectivity index (χ3v) is 6.98. The molecule has 2 atom stereocenters. The third kappa shape index (κ3) is 3.55. The Kier molecular flexibility index (Phi) is 4.71. The molecule has 3 aromatic heterocycles. The normalized spacial score (nSPS) is 18.9. The number of hydrogen-bond acceptors (Lipinski definition) is 10. The SMILES string of the molecule is Cc1cc(Nc2ncnc3cnc(N4C[C@@H]5CN[C@@H]5C4)nc23)ccc1Oc1ccc2c(c1)nnn2C. The van der Waals surface area contributed by atoms with Gasteiger partial charge in [-0.3, -0.25) is 0 Å². The molecule has 5 heterocycles. The predicted octanol–water partition coefficient (Wildman–Crippen LogP) is 2.95. The van der Waals surface area contributed by atoms with E-state index in [2.05, 4.69) is 40.8 Å². The molecular weight excluding hydrogens is 456 g/mol. The van der Waals surface area contributed by atoms with Crippen LogP contribution in [0.1, 0.15) is 5.56 Å². The van der Waals surface area contributed by atoms with E-state index in [4.69, 9.17) is 9.72 Å². The molecule has 11 heteroatoms. The van der Waals surface area contributed by atoms with Gasteiger partial charge in [0.1, 0.15) is 34.4 Å². The zero-order chi connectivity index (χ0) is 24.2. The fourth-order valence-corrected chi connectivity index (χ4v) is 4.89. The predicted molar refractivity (Wildman–Crippen MR) is 136 cm³/mol. The molecule has 36 heavy (non-hydrogen) atoms. The standard InChI is InChI=1S/C25H24N10O/c1-14-7-16(3-6-22(14)36-17-4-5-21-18(8-17)32-33-34(21)2)30-24-23-19(28-13-29-24)10-27-25(31-23)35-11-15-9-26-20(15)12-35/h3-8,10,13,15,20,26H,9,11-12H2,1-2H3,(H,28,29,30)/t15-,20+/m0/s1. The van der Waals surface area contributed by atoms with Crippen molar-refractivity contribution in [3.8, 4) is 11.5 Å². The molecule has 7 rings (SSSR count). The Balaban J connectivity index is 1.14. The van der Waals surface area contributed by atoms with E-state index in [1.54, 1.807) is 10.9 Å². The van der Waals surface area contributed by atoms with Crippen LogP contribution >= 0.6 is 0 Å². The van der Waals surface area contributed by atoms with Crippen molar-refractivity contribution < 1.29 is 4.74 Å². The highest BCUT2D eigenvalue weighted by Gasteiger charge is 2.40. The molecular formula is C25H24N10O. The smallest absolute Gasteiger partial charge is 0.226 e. The van der Waals surface area contributed by atoms with Crippen molar-refractivity contribution in [2.24, 2.45) is 13.0 Å². The van der Waals surface area contributed by atoms with Gasteiger partial charge in [-0.15, -0.1) is 5.10 Å². The van der Waals surface area contributed by atoms with E-state index >= 15 is 0 Å². The van der Waals surface area contributed by atoms with Crippen molar-refractivity contribution in [1.29, 1.82) is 0 Å². The van der Waals surface area contributed by atoms with Gasteiger partial charge in [0.05, 0.1) is 11.7 Å². The molecule has 180 valence electrons. The van der Waals surface area contributed by atoms with Crippen LogP contribution in [0, 0.1) is 12.8 Å². The summed E-state index contributed by atoms with van der Waals surface area (Å²) in [5, 5.41) is 15.1. The lowest BCUT2D eigenvalue weighted by atomic mass is 9.96. The molecule has 2 aromatic carbocycles. The fraction of sp³-hybridized carbons (Fsp3) is 0.280. The topological polar surface area (TPSA) is 119 Å². The van der Waals surface area contributed by atoms with Gasteiger partial charge >= 0.3 is 0 Å². The van der Waals surface area contributed by atoms with Crippen LogP contribution in [-0.2, 0) is 7.05 Å². The number of benzene rings is 2. The van der Waals surface area contributed by atoms with E-state index in [0.717, 1.165) is 53.6 Å². The first kappa shape index (κ1) is 20.9. The molecule has 11 nitrogen and oxygen atoms in total. The number of hydrogen-bond donors (Lipinski definition) is 2. The molecule has 2 aliphatic heterocycles. The van der Waals surface area contributed by atoms with Crippen LogP contribution in [0.2, 0.25) is 0 Å². The van der Waals surface area contributed by atoms with Gasteiger partial charge in [0, 0.05) is 50.4 Å². The average Bonchev–Trinajstić information content (AvgIpc) is 3.39. The first-order valence-corrected chi connectivity index (χ1v) is 11.9. The molecule has 2 aliphatic rings. The average molecular weight is 481 g/mol. The van der Waals surface area contributed by atoms with Crippen LogP contribution in [-0.4, -0.2) is 60.6 Å². The maximum absolute atomic E-state index is 6.14. The number of rotatable bonds is 5. The second-order valence-electron chi connectivity index (χ2n) is 9.38. The Morgan fingerprint density at radius 3 is 2.81 bits per heavy atom. The van der Waals surface area contributed by atoms with Gasteiger partial charge in [-0.05, 0) is 42.8 Å². The second kappa shape index (κ2) is 8.09. The van der Waals surface area contributed by atoms with Gasteiger partial charge in [-0.25, -0.2) is 24.6 Å². The molecule has 2 saturated heterocycles. The minimum Gasteiger partial charge on any atom is -0.457 e. The van der Waals surface area contributed by atoms with Crippen LogP contribution in [0.4, 0.5) is 17.5 Å². The maximum atomic E-state index is 6.14. The fourth-order valence-electron chi connectivity index (χ4n) is 4.89. The van der Waals surface area contributed by atoms with Crippen LogP contribution in [0.3, 0.4) is 0 Å². The van der Waals surface area contributed by atoms with Gasteiger partial charge in [0.25, 0.3) is 0 Å². The maximum Gasteiger partial charge on any atom is 0.226 e. The van der Waals surface area contributed by atoms with E-state index in [1.807, 2.05) is 50.4 Å². The summed E-state index contributed by atoms with van der Waals surface area (Å²) in [6.07, 6.45) is 3.30. The Morgan fingerprint density at radius 1 is 1.06 bits per heavy atom. The Labute approximate surface area is 206 Å². The Bertz CT molecular complexity index is 1600. The van der Waals surface area contributed by atoms with Crippen molar-refractivity contribution in [3.05, 3.63) is 54.5 Å². The molecule has 0 aliphatic carbocycles. The number of anilines is 3. The van der Waals surface area contributed by atoms with Crippen LogP contribution in [0.5, 0.6) is 11.5 Å². The van der Waals surface area contributed by atoms with Crippen molar-refractivity contribution >= 4 is 39.5 Å². The molecule has 0 bridgehead atoms. The molecule has 2 fully saturated rings. The summed E-state index contributed by atoms with van der Waals surface area (Å²) < 4.78 is 7.87. The summed E-state index contributed by atoms with van der Waals surface area (Å²) >= 11 is 0. The lowest BCUT2D eigenvalue weighted by Gasteiger charge is -2.29. The van der Waals surface area contributed by atoms with Crippen molar-refractivity contribution in [2.75, 3.05) is 29.9 Å². The van der Waals surface area contributed by atoms with Crippen LogP contribution in [0.25, 0.3) is 22.1 Å². The summed E-state index contributed by atoms with van der Waals surface area (Å²) in [4.78, 5) is 20.5.